The van der Waals surface area contributed by atoms with Crippen LogP contribution in [-0.2, 0) is 12.1 Å². The van der Waals surface area contributed by atoms with E-state index in [1.54, 1.807) is 0 Å². The third-order valence-electron chi connectivity index (χ3n) is 3.11. The molecule has 1 aliphatic heterocycles. The number of nitrogens with one attached hydrogen (secondary N) is 1. The highest BCUT2D eigenvalue weighted by molar-refractivity contribution is 7.99. The molecule has 1 aromatic rings. The molecule has 2 heterocycles. The van der Waals surface area contributed by atoms with E-state index < -0.39 is 0 Å². The molecule has 4 heteroatoms. The van der Waals surface area contributed by atoms with Gasteiger partial charge in [0.05, 0.1) is 11.7 Å². The minimum absolute atomic E-state index is 0.0837. The number of hydrogen-bond acceptors (Lipinski definition) is 3. The SMILES string of the molecule is CC(C)(C)n1cc(CNCC2CCSC2)cn1. The van der Waals surface area contributed by atoms with Crippen molar-refractivity contribution in [3.8, 4) is 0 Å². The Labute approximate surface area is 108 Å². The summed E-state index contributed by atoms with van der Waals surface area (Å²) in [6, 6.07) is 0. The Balaban J connectivity index is 1.77. The fourth-order valence-electron chi connectivity index (χ4n) is 1.98. The quantitative estimate of drug-likeness (QED) is 0.894. The molecule has 1 unspecified atom stereocenters. The van der Waals surface area contributed by atoms with Crippen molar-refractivity contribution in [3.63, 3.8) is 0 Å². The van der Waals surface area contributed by atoms with Gasteiger partial charge in [-0.1, -0.05) is 0 Å². The van der Waals surface area contributed by atoms with Crippen LogP contribution in [0.5, 0.6) is 0 Å². The van der Waals surface area contributed by atoms with E-state index in [1.807, 2.05) is 10.9 Å². The lowest BCUT2D eigenvalue weighted by Gasteiger charge is -2.18. The van der Waals surface area contributed by atoms with E-state index in [0.717, 1.165) is 19.0 Å². The molecule has 0 saturated carbocycles. The molecule has 1 atom stereocenters. The molecule has 0 bridgehead atoms. The Kier molecular flexibility index (Phi) is 4.15. The summed E-state index contributed by atoms with van der Waals surface area (Å²) in [5.41, 5.74) is 1.37. The average molecular weight is 253 g/mol. The lowest BCUT2D eigenvalue weighted by Crippen LogP contribution is -2.23. The minimum atomic E-state index is 0.0837. The van der Waals surface area contributed by atoms with Crippen LogP contribution in [-0.4, -0.2) is 27.8 Å². The first-order valence-electron chi connectivity index (χ1n) is 6.38. The summed E-state index contributed by atoms with van der Waals surface area (Å²) in [6.45, 7) is 8.61. The second-order valence-electron chi connectivity index (χ2n) is 5.82. The maximum absolute atomic E-state index is 4.41. The van der Waals surface area contributed by atoms with E-state index in [-0.39, 0.29) is 5.54 Å². The zero-order valence-electron chi connectivity index (χ0n) is 11.1. The van der Waals surface area contributed by atoms with Gasteiger partial charge in [0, 0.05) is 18.3 Å². The van der Waals surface area contributed by atoms with Gasteiger partial charge in [0.25, 0.3) is 0 Å². The Bertz CT molecular complexity index is 348. The van der Waals surface area contributed by atoms with Crippen LogP contribution < -0.4 is 5.32 Å². The molecule has 2 rings (SSSR count). The third-order valence-corrected chi connectivity index (χ3v) is 4.34. The van der Waals surface area contributed by atoms with E-state index in [0.29, 0.717) is 0 Å². The highest BCUT2D eigenvalue weighted by atomic mass is 32.2. The molecule has 1 N–H and O–H groups in total. The van der Waals surface area contributed by atoms with Crippen LogP contribution in [0.1, 0.15) is 32.8 Å². The number of rotatable bonds is 4. The summed E-state index contributed by atoms with van der Waals surface area (Å²) in [7, 11) is 0. The van der Waals surface area contributed by atoms with Crippen LogP contribution in [0.4, 0.5) is 0 Å². The summed E-state index contributed by atoms with van der Waals surface area (Å²) in [6.07, 6.45) is 5.50. The molecule has 1 saturated heterocycles. The molecular formula is C13H23N3S. The molecule has 0 aromatic carbocycles. The average Bonchev–Trinajstić information content (AvgIpc) is 2.86. The van der Waals surface area contributed by atoms with E-state index in [4.69, 9.17) is 0 Å². The topological polar surface area (TPSA) is 29.9 Å². The first-order chi connectivity index (χ1) is 8.05. The largest absolute Gasteiger partial charge is 0.312 e. The van der Waals surface area contributed by atoms with Crippen molar-refractivity contribution >= 4 is 11.8 Å². The summed E-state index contributed by atoms with van der Waals surface area (Å²) < 4.78 is 2.04. The highest BCUT2D eigenvalue weighted by Crippen LogP contribution is 2.22. The van der Waals surface area contributed by atoms with Crippen LogP contribution in [0.25, 0.3) is 0 Å². The molecule has 3 nitrogen and oxygen atoms in total. The monoisotopic (exact) mass is 253 g/mol. The molecule has 1 aliphatic rings. The lowest BCUT2D eigenvalue weighted by atomic mass is 10.1. The van der Waals surface area contributed by atoms with E-state index in [1.165, 1.54) is 23.5 Å². The normalized spacial score (nSPS) is 21.0. The van der Waals surface area contributed by atoms with Crippen LogP contribution in [0.15, 0.2) is 12.4 Å². The van der Waals surface area contributed by atoms with Crippen molar-refractivity contribution in [1.29, 1.82) is 0 Å². The predicted molar refractivity (Wildman–Crippen MR) is 74.4 cm³/mol. The zero-order valence-corrected chi connectivity index (χ0v) is 11.9. The van der Waals surface area contributed by atoms with Crippen molar-refractivity contribution in [3.05, 3.63) is 18.0 Å². The molecule has 1 aromatic heterocycles. The van der Waals surface area contributed by atoms with Gasteiger partial charge in [-0.3, -0.25) is 4.68 Å². The Morgan fingerprint density at radius 1 is 1.53 bits per heavy atom. The number of aromatic nitrogens is 2. The first kappa shape index (κ1) is 13.0. The summed E-state index contributed by atoms with van der Waals surface area (Å²) >= 11 is 2.08. The number of hydrogen-bond donors (Lipinski definition) is 1. The van der Waals surface area contributed by atoms with Gasteiger partial charge in [-0.15, -0.1) is 0 Å². The molecule has 0 aliphatic carbocycles. The van der Waals surface area contributed by atoms with Crippen LogP contribution in [0, 0.1) is 5.92 Å². The van der Waals surface area contributed by atoms with Crippen molar-refractivity contribution in [2.75, 3.05) is 18.1 Å². The fraction of sp³-hybridized carbons (Fsp3) is 0.769. The highest BCUT2D eigenvalue weighted by Gasteiger charge is 2.16. The molecule has 96 valence electrons. The number of nitrogens with zero attached hydrogens (tertiary/aromatic N) is 2. The molecular weight excluding hydrogens is 230 g/mol. The zero-order chi connectivity index (χ0) is 12.3. The first-order valence-corrected chi connectivity index (χ1v) is 7.53. The van der Waals surface area contributed by atoms with Crippen molar-refractivity contribution in [1.82, 2.24) is 15.1 Å². The van der Waals surface area contributed by atoms with Gasteiger partial charge in [0.2, 0.25) is 0 Å². The second kappa shape index (κ2) is 5.44. The van der Waals surface area contributed by atoms with Gasteiger partial charge in [-0.25, -0.2) is 0 Å². The summed E-state index contributed by atoms with van der Waals surface area (Å²) in [5, 5.41) is 7.95. The van der Waals surface area contributed by atoms with E-state index in [9.17, 15) is 0 Å². The summed E-state index contributed by atoms with van der Waals surface area (Å²) in [5.74, 6) is 3.54. The molecule has 0 amide bonds. The molecule has 0 spiro atoms. The molecule has 1 fully saturated rings. The summed E-state index contributed by atoms with van der Waals surface area (Å²) in [4.78, 5) is 0. The Hall–Kier alpha value is -0.480. The van der Waals surface area contributed by atoms with Gasteiger partial charge >= 0.3 is 0 Å². The van der Waals surface area contributed by atoms with Crippen LogP contribution in [0.2, 0.25) is 0 Å². The molecule has 0 radical (unpaired) electrons. The van der Waals surface area contributed by atoms with E-state index in [2.05, 4.69) is 49.1 Å². The van der Waals surface area contributed by atoms with Crippen molar-refractivity contribution < 1.29 is 0 Å². The predicted octanol–water partition coefficient (Wildman–Crippen LogP) is 2.48. The van der Waals surface area contributed by atoms with Gasteiger partial charge in [0.15, 0.2) is 0 Å². The Morgan fingerprint density at radius 3 is 2.94 bits per heavy atom. The maximum Gasteiger partial charge on any atom is 0.0543 e. The fourth-order valence-corrected chi connectivity index (χ4v) is 3.27. The van der Waals surface area contributed by atoms with Crippen LogP contribution in [0.3, 0.4) is 0 Å². The smallest absolute Gasteiger partial charge is 0.0543 e. The minimum Gasteiger partial charge on any atom is -0.312 e. The van der Waals surface area contributed by atoms with Gasteiger partial charge in [-0.05, 0) is 51.2 Å². The third kappa shape index (κ3) is 3.75. The van der Waals surface area contributed by atoms with Gasteiger partial charge in [0.1, 0.15) is 0 Å². The van der Waals surface area contributed by atoms with Gasteiger partial charge < -0.3 is 5.32 Å². The lowest BCUT2D eigenvalue weighted by molar-refractivity contribution is 0.355. The standard InChI is InChI=1S/C13H23N3S/c1-13(2,3)16-9-12(8-15-16)7-14-6-11-4-5-17-10-11/h8-9,11,14H,4-7,10H2,1-3H3. The van der Waals surface area contributed by atoms with Crippen LogP contribution >= 0.6 is 11.8 Å². The van der Waals surface area contributed by atoms with E-state index >= 15 is 0 Å². The number of thioether (sulfide) groups is 1. The van der Waals surface area contributed by atoms with Crippen molar-refractivity contribution in [2.24, 2.45) is 5.92 Å². The van der Waals surface area contributed by atoms with Gasteiger partial charge in [-0.2, -0.15) is 16.9 Å². The van der Waals surface area contributed by atoms with Crippen molar-refractivity contribution in [2.45, 2.75) is 39.3 Å². The maximum atomic E-state index is 4.41. The molecule has 17 heavy (non-hydrogen) atoms. The Morgan fingerprint density at radius 2 is 2.35 bits per heavy atom. The second-order valence-corrected chi connectivity index (χ2v) is 6.97.